The van der Waals surface area contributed by atoms with Gasteiger partial charge in [0.2, 0.25) is 12.3 Å². The quantitative estimate of drug-likeness (QED) is 0.677. The highest BCUT2D eigenvalue weighted by atomic mass is 19.1. The Morgan fingerprint density at radius 1 is 1.23 bits per heavy atom. The summed E-state index contributed by atoms with van der Waals surface area (Å²) in [5.74, 6) is 0.983. The van der Waals surface area contributed by atoms with Crippen LogP contribution in [-0.2, 0) is 0 Å². The summed E-state index contributed by atoms with van der Waals surface area (Å²) in [7, 11) is 1.87. The molecule has 4 heterocycles. The summed E-state index contributed by atoms with van der Waals surface area (Å²) in [4.78, 5) is 10.9. The summed E-state index contributed by atoms with van der Waals surface area (Å²) in [6.07, 6.45) is 7.35. The molecule has 0 amide bonds. The van der Waals surface area contributed by atoms with E-state index in [-0.39, 0.29) is 17.8 Å². The van der Waals surface area contributed by atoms with E-state index in [0.29, 0.717) is 34.6 Å². The topological polar surface area (TPSA) is 100 Å². The fraction of sp³-hybridized carbons (Fsp3) is 0.429. The number of phenolic OH excluding ortho intramolecular Hbond substituents is 1. The Bertz CT molecular complexity index is 1010. The third kappa shape index (κ3) is 3.39. The van der Waals surface area contributed by atoms with Crippen molar-refractivity contribution in [1.82, 2.24) is 25.5 Å². The Balaban J connectivity index is 1.35. The standard InChI is InChI=1S/C21H23FN6O2/c1-28(17-8-13-3-2-4-15(26-13)20(17)22)19-10-23-16(9-24-19)14-6-5-12(7-18(14)29)21-27-25-11-30-21/h5-7,9-11,13,15,17,20,26,29H,2-4,8H2,1H3/t13?,15-,17+,20-/m0/s1. The lowest BCUT2D eigenvalue weighted by Gasteiger charge is -2.46. The predicted molar refractivity (Wildman–Crippen MR) is 109 cm³/mol. The van der Waals surface area contributed by atoms with Gasteiger partial charge in [0.15, 0.2) is 0 Å². The fourth-order valence-electron chi connectivity index (χ4n) is 4.54. The molecule has 2 N–H and O–H groups in total. The van der Waals surface area contributed by atoms with Crippen LogP contribution >= 0.6 is 0 Å². The highest BCUT2D eigenvalue weighted by Crippen LogP contribution is 2.34. The number of phenols is 1. The Morgan fingerprint density at radius 2 is 2.13 bits per heavy atom. The van der Waals surface area contributed by atoms with Gasteiger partial charge in [-0.2, -0.15) is 0 Å². The SMILES string of the molecule is CN(c1cnc(-c2ccc(-c3nnco3)cc2O)cn1)[C@@H]1CC2CCC[C@H](N2)[C@@H]1F. The van der Waals surface area contributed by atoms with Crippen molar-refractivity contribution >= 4 is 5.82 Å². The van der Waals surface area contributed by atoms with E-state index in [0.717, 1.165) is 25.7 Å². The molecule has 2 aliphatic rings. The smallest absolute Gasteiger partial charge is 0.247 e. The van der Waals surface area contributed by atoms with E-state index in [1.165, 1.54) is 6.39 Å². The van der Waals surface area contributed by atoms with Crippen LogP contribution in [0, 0.1) is 0 Å². The maximum Gasteiger partial charge on any atom is 0.247 e. The van der Waals surface area contributed by atoms with Crippen molar-refractivity contribution in [2.24, 2.45) is 0 Å². The molecule has 9 heteroatoms. The van der Waals surface area contributed by atoms with E-state index < -0.39 is 6.17 Å². The first-order chi connectivity index (χ1) is 14.6. The number of hydrogen-bond donors (Lipinski definition) is 2. The van der Waals surface area contributed by atoms with Gasteiger partial charge in [-0.25, -0.2) is 9.37 Å². The van der Waals surface area contributed by atoms with Crippen LogP contribution in [0.25, 0.3) is 22.7 Å². The van der Waals surface area contributed by atoms with Crippen LogP contribution in [0.15, 0.2) is 41.4 Å². The third-order valence-electron chi connectivity index (χ3n) is 6.17. The van der Waals surface area contributed by atoms with Gasteiger partial charge in [-0.05, 0) is 37.5 Å². The minimum absolute atomic E-state index is 0.0381. The van der Waals surface area contributed by atoms with Crippen LogP contribution < -0.4 is 10.2 Å². The molecular weight excluding hydrogens is 387 g/mol. The molecule has 156 valence electrons. The molecule has 0 radical (unpaired) electrons. The van der Waals surface area contributed by atoms with Gasteiger partial charge >= 0.3 is 0 Å². The first-order valence-corrected chi connectivity index (χ1v) is 10.1. The second-order valence-corrected chi connectivity index (χ2v) is 8.00. The normalized spacial score (nSPS) is 25.8. The van der Waals surface area contributed by atoms with Crippen molar-refractivity contribution < 1.29 is 13.9 Å². The van der Waals surface area contributed by atoms with Crippen LogP contribution in [-0.4, -0.2) is 56.6 Å². The molecule has 2 aromatic heterocycles. The number of rotatable bonds is 4. The van der Waals surface area contributed by atoms with E-state index in [9.17, 15) is 5.11 Å². The zero-order valence-corrected chi connectivity index (χ0v) is 16.6. The summed E-state index contributed by atoms with van der Waals surface area (Å²) in [5.41, 5.74) is 1.68. The van der Waals surface area contributed by atoms with Gasteiger partial charge in [0, 0.05) is 30.3 Å². The second kappa shape index (κ2) is 7.64. The highest BCUT2D eigenvalue weighted by molar-refractivity contribution is 5.71. The predicted octanol–water partition coefficient (Wildman–Crippen LogP) is 2.96. The van der Waals surface area contributed by atoms with Gasteiger partial charge in [-0.15, -0.1) is 10.2 Å². The Hall–Kier alpha value is -3.07. The number of halogens is 1. The Labute approximate surface area is 173 Å². The molecule has 3 aromatic rings. The van der Waals surface area contributed by atoms with E-state index in [1.807, 2.05) is 11.9 Å². The van der Waals surface area contributed by atoms with Crippen LogP contribution in [0.2, 0.25) is 0 Å². The van der Waals surface area contributed by atoms with Crippen molar-refractivity contribution in [3.63, 3.8) is 0 Å². The third-order valence-corrected chi connectivity index (χ3v) is 6.17. The van der Waals surface area contributed by atoms with E-state index >= 15 is 4.39 Å². The molecule has 8 nitrogen and oxygen atoms in total. The molecule has 1 unspecified atom stereocenters. The summed E-state index contributed by atoms with van der Waals surface area (Å²) >= 11 is 0. The molecule has 5 rings (SSSR count). The minimum atomic E-state index is -0.936. The number of piperidine rings is 2. The van der Waals surface area contributed by atoms with Crippen molar-refractivity contribution in [2.45, 2.75) is 50.0 Å². The molecule has 2 bridgehead atoms. The number of fused-ring (bicyclic) bond motifs is 2. The van der Waals surface area contributed by atoms with Gasteiger partial charge in [0.25, 0.3) is 0 Å². The lowest BCUT2D eigenvalue weighted by atomic mass is 9.82. The number of benzene rings is 1. The number of aromatic nitrogens is 4. The molecule has 1 aromatic carbocycles. The summed E-state index contributed by atoms with van der Waals surface area (Å²) in [6, 6.07) is 5.12. The Kier molecular flexibility index (Phi) is 4.82. The average Bonchev–Trinajstić information content (AvgIpc) is 3.31. The number of aromatic hydroxyl groups is 1. The lowest BCUT2D eigenvalue weighted by molar-refractivity contribution is 0.107. The first kappa shape index (κ1) is 18.9. The van der Waals surface area contributed by atoms with Gasteiger partial charge in [0.1, 0.15) is 17.7 Å². The van der Waals surface area contributed by atoms with Crippen LogP contribution in [0.5, 0.6) is 5.75 Å². The summed E-state index contributed by atoms with van der Waals surface area (Å²) < 4.78 is 20.2. The minimum Gasteiger partial charge on any atom is -0.507 e. The highest BCUT2D eigenvalue weighted by Gasteiger charge is 2.41. The van der Waals surface area contributed by atoms with Crippen molar-refractivity contribution in [1.29, 1.82) is 0 Å². The van der Waals surface area contributed by atoms with E-state index in [2.05, 4.69) is 25.5 Å². The second-order valence-electron chi connectivity index (χ2n) is 8.00. The summed E-state index contributed by atoms with van der Waals surface area (Å²) in [5, 5.41) is 21.3. The van der Waals surface area contributed by atoms with E-state index in [4.69, 9.17) is 4.42 Å². The number of nitrogens with one attached hydrogen (secondary N) is 1. The molecule has 0 aliphatic carbocycles. The maximum atomic E-state index is 15.0. The first-order valence-electron chi connectivity index (χ1n) is 10.1. The van der Waals surface area contributed by atoms with Crippen molar-refractivity contribution in [3.05, 3.63) is 37.0 Å². The maximum absolute atomic E-state index is 15.0. The molecule has 4 atom stereocenters. The Morgan fingerprint density at radius 3 is 2.87 bits per heavy atom. The molecule has 2 saturated heterocycles. The fourth-order valence-corrected chi connectivity index (χ4v) is 4.54. The monoisotopic (exact) mass is 410 g/mol. The van der Waals surface area contributed by atoms with Crippen LogP contribution in [0.3, 0.4) is 0 Å². The van der Waals surface area contributed by atoms with Gasteiger partial charge < -0.3 is 19.7 Å². The zero-order valence-electron chi connectivity index (χ0n) is 16.6. The van der Waals surface area contributed by atoms with Crippen molar-refractivity contribution in [3.8, 4) is 28.5 Å². The molecular formula is C21H23FN6O2. The number of anilines is 1. The average molecular weight is 410 g/mol. The number of hydrogen-bond acceptors (Lipinski definition) is 8. The molecule has 2 fully saturated rings. The lowest BCUT2D eigenvalue weighted by Crippen LogP contribution is -2.61. The number of alkyl halides is 1. The van der Waals surface area contributed by atoms with Gasteiger partial charge in [-0.1, -0.05) is 6.42 Å². The van der Waals surface area contributed by atoms with Gasteiger partial charge in [0.05, 0.1) is 24.1 Å². The zero-order chi connectivity index (χ0) is 20.7. The van der Waals surface area contributed by atoms with Crippen LogP contribution in [0.1, 0.15) is 25.7 Å². The number of nitrogens with zero attached hydrogens (tertiary/aromatic N) is 5. The summed E-state index contributed by atoms with van der Waals surface area (Å²) in [6.45, 7) is 0. The largest absolute Gasteiger partial charge is 0.507 e. The van der Waals surface area contributed by atoms with Crippen LogP contribution in [0.4, 0.5) is 10.2 Å². The molecule has 2 aliphatic heterocycles. The molecule has 0 spiro atoms. The molecule has 0 saturated carbocycles. The molecule has 30 heavy (non-hydrogen) atoms. The van der Waals surface area contributed by atoms with Crippen molar-refractivity contribution in [2.75, 3.05) is 11.9 Å². The van der Waals surface area contributed by atoms with E-state index in [1.54, 1.807) is 30.6 Å². The van der Waals surface area contributed by atoms with Gasteiger partial charge in [-0.3, -0.25) is 4.98 Å².